The fourth-order valence-electron chi connectivity index (χ4n) is 2.48. The molecule has 0 aliphatic carbocycles. The van der Waals surface area contributed by atoms with E-state index in [1.165, 1.54) is 26.0 Å². The zero-order chi connectivity index (χ0) is 22.4. The highest BCUT2D eigenvalue weighted by Gasteiger charge is 2.11. The molecule has 6 heteroatoms. The number of hydrogen-bond acceptors (Lipinski definition) is 6. The Kier molecular flexibility index (Phi) is 12.0. The number of rotatable bonds is 6. The van der Waals surface area contributed by atoms with Crippen molar-refractivity contribution in [3.05, 3.63) is 58.7 Å². The van der Waals surface area contributed by atoms with Crippen LogP contribution in [0.4, 0.5) is 11.4 Å². The van der Waals surface area contributed by atoms with Crippen molar-refractivity contribution in [2.24, 2.45) is 9.98 Å². The topological polar surface area (TPSA) is 93.0 Å². The zero-order valence-corrected chi connectivity index (χ0v) is 17.7. The second-order valence-electron chi connectivity index (χ2n) is 5.40. The minimum absolute atomic E-state index is 0.212. The third kappa shape index (κ3) is 7.59. The van der Waals surface area contributed by atoms with Crippen molar-refractivity contribution in [1.82, 2.24) is 0 Å². The van der Waals surface area contributed by atoms with Gasteiger partial charge >= 0.3 is 0 Å². The summed E-state index contributed by atoms with van der Waals surface area (Å²) in [5, 5.41) is 0. The van der Waals surface area contributed by atoms with Crippen LogP contribution in [0.25, 0.3) is 0 Å². The molecule has 2 rings (SSSR count). The predicted octanol–water partition coefficient (Wildman–Crippen LogP) is 5.67. The Morgan fingerprint density at radius 3 is 1.34 bits per heavy atom. The zero-order valence-electron chi connectivity index (χ0n) is 17.7. The van der Waals surface area contributed by atoms with Gasteiger partial charge in [-0.1, -0.05) is 39.8 Å². The fraction of sp³-hybridized carbons (Fsp3) is 0.304. The standard InChI is InChI=1S/C19H14N2O4.2C2H6/c1-12(24)16-8-14(3-5-18(16)20-10-22)7-15-4-6-19(21-11-23)17(9-15)13(2)25;2*1-2/h3-6,8-9H,7H2,1-2H3;2*1-2H3. The van der Waals surface area contributed by atoms with Crippen LogP contribution in [0.3, 0.4) is 0 Å². The van der Waals surface area contributed by atoms with Crippen LogP contribution in [0.5, 0.6) is 0 Å². The lowest BCUT2D eigenvalue weighted by atomic mass is 9.97. The third-order valence-corrected chi connectivity index (χ3v) is 3.62. The van der Waals surface area contributed by atoms with Gasteiger partial charge in [0.05, 0.1) is 11.4 Å². The summed E-state index contributed by atoms with van der Waals surface area (Å²) in [5.74, 6) is -0.424. The van der Waals surface area contributed by atoms with Crippen molar-refractivity contribution in [2.75, 3.05) is 0 Å². The quantitative estimate of drug-likeness (QED) is 0.358. The SMILES string of the molecule is CC.CC.CC(=O)c1cc(Cc2ccc(N=C=O)c(C(C)=O)c2)ccc1N=C=O. The van der Waals surface area contributed by atoms with E-state index in [9.17, 15) is 19.2 Å². The van der Waals surface area contributed by atoms with Gasteiger partial charge in [0.1, 0.15) is 0 Å². The van der Waals surface area contributed by atoms with Gasteiger partial charge in [0.25, 0.3) is 0 Å². The van der Waals surface area contributed by atoms with Crippen LogP contribution in [-0.4, -0.2) is 23.7 Å². The van der Waals surface area contributed by atoms with E-state index in [0.29, 0.717) is 17.5 Å². The van der Waals surface area contributed by atoms with Gasteiger partial charge in [-0.15, -0.1) is 0 Å². The number of ketones is 2. The van der Waals surface area contributed by atoms with Crippen LogP contribution < -0.4 is 0 Å². The molecule has 6 nitrogen and oxygen atoms in total. The molecule has 2 aromatic carbocycles. The number of benzene rings is 2. The van der Waals surface area contributed by atoms with Gasteiger partial charge in [-0.25, -0.2) is 9.59 Å². The van der Waals surface area contributed by atoms with E-state index in [1.54, 1.807) is 36.4 Å². The first-order valence-electron chi connectivity index (χ1n) is 9.39. The largest absolute Gasteiger partial charge is 0.294 e. The highest BCUT2D eigenvalue weighted by Crippen LogP contribution is 2.25. The Balaban J connectivity index is 0.00000184. The van der Waals surface area contributed by atoms with Crippen molar-refractivity contribution < 1.29 is 19.2 Å². The van der Waals surface area contributed by atoms with Gasteiger partial charge in [-0.3, -0.25) is 9.59 Å². The molecule has 0 aliphatic rings. The Morgan fingerprint density at radius 1 is 0.724 bits per heavy atom. The molecule has 0 saturated heterocycles. The number of hydrogen-bond donors (Lipinski definition) is 0. The maximum atomic E-state index is 11.7. The maximum absolute atomic E-state index is 11.7. The molecule has 0 radical (unpaired) electrons. The highest BCUT2D eigenvalue weighted by molar-refractivity contribution is 6.00. The number of aliphatic imine (C=N–C) groups is 2. The Labute approximate surface area is 171 Å². The van der Waals surface area contributed by atoms with Crippen LogP contribution in [0.15, 0.2) is 46.4 Å². The molecule has 0 fully saturated rings. The summed E-state index contributed by atoms with van der Waals surface area (Å²) in [6, 6.07) is 9.95. The first-order valence-corrected chi connectivity index (χ1v) is 9.39. The number of Topliss-reactive ketones (excluding diaryl/α,β-unsaturated/α-hetero) is 2. The van der Waals surface area contributed by atoms with E-state index in [2.05, 4.69) is 9.98 Å². The molecule has 0 atom stereocenters. The lowest BCUT2D eigenvalue weighted by Gasteiger charge is -2.08. The summed E-state index contributed by atoms with van der Waals surface area (Å²) < 4.78 is 0. The first-order chi connectivity index (χ1) is 14.0. The van der Waals surface area contributed by atoms with Crippen molar-refractivity contribution in [3.63, 3.8) is 0 Å². The molecule has 152 valence electrons. The average Bonchev–Trinajstić information content (AvgIpc) is 2.73. The number of carbonyl (C=O) groups excluding carboxylic acids is 4. The van der Waals surface area contributed by atoms with Gasteiger partial charge in [0.15, 0.2) is 11.6 Å². The maximum Gasteiger partial charge on any atom is 0.240 e. The van der Waals surface area contributed by atoms with Crippen LogP contribution in [-0.2, 0) is 16.0 Å². The number of carbonyl (C=O) groups is 2. The minimum Gasteiger partial charge on any atom is -0.294 e. The predicted molar refractivity (Wildman–Crippen MR) is 114 cm³/mol. The van der Waals surface area contributed by atoms with Crippen LogP contribution in [0.2, 0.25) is 0 Å². The van der Waals surface area contributed by atoms with Crippen molar-refractivity contribution in [2.45, 2.75) is 48.0 Å². The molecule has 0 heterocycles. The van der Waals surface area contributed by atoms with E-state index in [0.717, 1.165) is 11.1 Å². The Bertz CT molecular complexity index is 874. The van der Waals surface area contributed by atoms with Crippen LogP contribution >= 0.6 is 0 Å². The van der Waals surface area contributed by atoms with E-state index in [-0.39, 0.29) is 22.9 Å². The van der Waals surface area contributed by atoms with E-state index < -0.39 is 0 Å². The molecule has 0 spiro atoms. The normalized spacial score (nSPS) is 8.76. The Hall–Kier alpha value is -3.46. The molecular weight excluding hydrogens is 368 g/mol. The molecule has 0 bridgehead atoms. The Morgan fingerprint density at radius 2 is 1.07 bits per heavy atom. The number of isocyanates is 2. The van der Waals surface area contributed by atoms with E-state index in [4.69, 9.17) is 0 Å². The smallest absolute Gasteiger partial charge is 0.240 e. The molecule has 0 aliphatic heterocycles. The van der Waals surface area contributed by atoms with E-state index in [1.807, 2.05) is 27.7 Å². The summed E-state index contributed by atoms with van der Waals surface area (Å²) in [4.78, 5) is 51.4. The second-order valence-corrected chi connectivity index (χ2v) is 5.40. The monoisotopic (exact) mass is 394 g/mol. The molecule has 0 unspecified atom stereocenters. The molecule has 0 N–H and O–H groups in total. The van der Waals surface area contributed by atoms with Crippen molar-refractivity contribution in [3.8, 4) is 0 Å². The molecule has 2 aromatic rings. The summed E-state index contributed by atoms with van der Waals surface area (Å²) in [7, 11) is 0. The summed E-state index contributed by atoms with van der Waals surface area (Å²) >= 11 is 0. The van der Waals surface area contributed by atoms with E-state index >= 15 is 0 Å². The van der Waals surface area contributed by atoms with Crippen molar-refractivity contribution in [1.29, 1.82) is 0 Å². The van der Waals surface area contributed by atoms with Gasteiger partial charge in [-0.2, -0.15) is 9.98 Å². The minimum atomic E-state index is -0.212. The summed E-state index contributed by atoms with van der Waals surface area (Å²) in [5.41, 5.74) is 2.83. The van der Waals surface area contributed by atoms with Gasteiger partial charge in [-0.05, 0) is 55.7 Å². The molecular formula is C23H26N2O4. The molecule has 0 amide bonds. The second kappa shape index (κ2) is 13.7. The highest BCUT2D eigenvalue weighted by atomic mass is 16.1. The lowest BCUT2D eigenvalue weighted by Crippen LogP contribution is -1.98. The summed E-state index contributed by atoms with van der Waals surface area (Å²) in [6.45, 7) is 10.8. The molecule has 29 heavy (non-hydrogen) atoms. The van der Waals surface area contributed by atoms with Gasteiger partial charge in [0, 0.05) is 11.1 Å². The molecule has 0 saturated carbocycles. The van der Waals surface area contributed by atoms with Gasteiger partial charge in [0.2, 0.25) is 12.2 Å². The number of nitrogens with zero attached hydrogens (tertiary/aromatic N) is 2. The van der Waals surface area contributed by atoms with Gasteiger partial charge < -0.3 is 0 Å². The average molecular weight is 394 g/mol. The summed E-state index contributed by atoms with van der Waals surface area (Å²) in [6.07, 6.45) is 3.32. The first kappa shape index (κ1) is 25.5. The molecule has 0 aromatic heterocycles. The third-order valence-electron chi connectivity index (χ3n) is 3.62. The van der Waals surface area contributed by atoms with Crippen LogP contribution in [0.1, 0.15) is 73.4 Å². The van der Waals surface area contributed by atoms with Crippen LogP contribution in [0, 0.1) is 0 Å². The lowest BCUT2D eigenvalue weighted by molar-refractivity contribution is 0.101. The fourth-order valence-corrected chi connectivity index (χ4v) is 2.48. The van der Waals surface area contributed by atoms with Crippen molar-refractivity contribution >= 4 is 35.1 Å².